The highest BCUT2D eigenvalue weighted by Gasteiger charge is 2.13. The minimum atomic E-state index is -0.554. The van der Waals surface area contributed by atoms with Crippen LogP contribution in [0.15, 0.2) is 36.9 Å². The molecule has 0 aliphatic heterocycles. The summed E-state index contributed by atoms with van der Waals surface area (Å²) in [6, 6.07) is 3.92. The first-order chi connectivity index (χ1) is 11.5. The van der Waals surface area contributed by atoms with E-state index >= 15 is 0 Å². The number of fused-ring (bicyclic) bond motifs is 1. The lowest BCUT2D eigenvalue weighted by Gasteiger charge is -2.19. The molecule has 0 spiro atoms. The number of nitrogens with one attached hydrogen (secondary N) is 1. The predicted molar refractivity (Wildman–Crippen MR) is 96.7 cm³/mol. The van der Waals surface area contributed by atoms with Gasteiger partial charge < -0.3 is 15.0 Å². The maximum absolute atomic E-state index is 10.1. The van der Waals surface area contributed by atoms with Crippen LogP contribution in [0.25, 0.3) is 10.9 Å². The average Bonchev–Trinajstić information content (AvgIpc) is 2.95. The van der Waals surface area contributed by atoms with E-state index < -0.39 is 6.23 Å². The van der Waals surface area contributed by atoms with Crippen molar-refractivity contribution in [1.29, 1.82) is 0 Å². The first-order valence-corrected chi connectivity index (χ1v) is 8.00. The monoisotopic (exact) mass is 345 g/mol. The zero-order chi connectivity index (χ0) is 17.3. The van der Waals surface area contributed by atoms with Crippen LogP contribution in [0.4, 0.5) is 11.5 Å². The minimum Gasteiger partial charge on any atom is -0.376 e. The van der Waals surface area contributed by atoms with Crippen LogP contribution in [0.5, 0.6) is 0 Å². The molecule has 0 saturated heterocycles. The lowest BCUT2D eigenvalue weighted by molar-refractivity contribution is 0.0270. The Bertz CT molecular complexity index is 841. The first kappa shape index (κ1) is 16.7. The number of nitrogens with zero attached hydrogens (tertiary/aromatic N) is 4. The summed E-state index contributed by atoms with van der Waals surface area (Å²) in [4.78, 5) is 10.3. The van der Waals surface area contributed by atoms with Crippen molar-refractivity contribution in [2.45, 2.75) is 19.7 Å². The molecule has 0 amide bonds. The summed E-state index contributed by atoms with van der Waals surface area (Å²) in [5.74, 6) is 0.724. The second-order valence-electron chi connectivity index (χ2n) is 5.94. The molecule has 3 aromatic heterocycles. The molecule has 0 bridgehead atoms. The van der Waals surface area contributed by atoms with Crippen LogP contribution in [0.1, 0.15) is 5.56 Å². The summed E-state index contributed by atoms with van der Waals surface area (Å²) in [6.45, 7) is 2.43. The van der Waals surface area contributed by atoms with Crippen molar-refractivity contribution in [3.63, 3.8) is 0 Å². The second kappa shape index (κ2) is 6.76. The Hall–Kier alpha value is -2.15. The van der Waals surface area contributed by atoms with Gasteiger partial charge in [-0.15, -0.1) is 0 Å². The molecule has 0 radical (unpaired) electrons. The van der Waals surface area contributed by atoms with Gasteiger partial charge in [0.05, 0.1) is 22.8 Å². The third-order valence-electron chi connectivity index (χ3n) is 3.99. The van der Waals surface area contributed by atoms with Gasteiger partial charge in [-0.3, -0.25) is 9.88 Å². The third-order valence-corrected chi connectivity index (χ3v) is 4.27. The molecule has 0 aliphatic rings. The number of aliphatic hydroxyl groups excluding tert-OH is 1. The van der Waals surface area contributed by atoms with Gasteiger partial charge >= 0.3 is 0 Å². The summed E-state index contributed by atoms with van der Waals surface area (Å²) in [7, 11) is 3.69. The molecule has 1 atom stereocenters. The lowest BCUT2D eigenvalue weighted by Crippen LogP contribution is -2.31. The van der Waals surface area contributed by atoms with E-state index in [0.29, 0.717) is 11.6 Å². The van der Waals surface area contributed by atoms with Crippen LogP contribution >= 0.6 is 11.6 Å². The molecule has 6 nitrogen and oxygen atoms in total. The highest BCUT2D eigenvalue weighted by atomic mass is 35.5. The number of pyridine rings is 2. The zero-order valence-corrected chi connectivity index (χ0v) is 14.6. The van der Waals surface area contributed by atoms with Gasteiger partial charge in [0, 0.05) is 30.2 Å². The molecular weight excluding hydrogens is 326 g/mol. The number of anilines is 2. The van der Waals surface area contributed by atoms with E-state index in [1.54, 1.807) is 23.5 Å². The van der Waals surface area contributed by atoms with Gasteiger partial charge in [-0.05, 0) is 38.7 Å². The second-order valence-corrected chi connectivity index (χ2v) is 6.35. The van der Waals surface area contributed by atoms with Gasteiger partial charge in [-0.2, -0.15) is 0 Å². The van der Waals surface area contributed by atoms with Gasteiger partial charge in [0.2, 0.25) is 0 Å². The maximum Gasteiger partial charge on any atom is 0.139 e. The Kier molecular flexibility index (Phi) is 4.71. The maximum atomic E-state index is 10.1. The fraction of sp³-hybridized carbons (Fsp3) is 0.294. The van der Waals surface area contributed by atoms with Crippen molar-refractivity contribution in [3.8, 4) is 0 Å². The van der Waals surface area contributed by atoms with E-state index in [9.17, 15) is 5.11 Å². The van der Waals surface area contributed by atoms with E-state index in [1.165, 1.54) is 0 Å². The number of hydrogen-bond acceptors (Lipinski definition) is 5. The van der Waals surface area contributed by atoms with Crippen LogP contribution in [-0.4, -0.2) is 44.9 Å². The van der Waals surface area contributed by atoms with Crippen molar-refractivity contribution >= 4 is 34.0 Å². The van der Waals surface area contributed by atoms with Crippen LogP contribution in [0.3, 0.4) is 0 Å². The molecule has 3 rings (SSSR count). The Balaban J connectivity index is 1.97. The summed E-state index contributed by atoms with van der Waals surface area (Å²) in [5.41, 5.74) is 2.74. The molecule has 0 saturated carbocycles. The van der Waals surface area contributed by atoms with Crippen molar-refractivity contribution in [3.05, 3.63) is 47.5 Å². The zero-order valence-electron chi connectivity index (χ0n) is 13.9. The molecule has 3 heterocycles. The van der Waals surface area contributed by atoms with Crippen molar-refractivity contribution < 1.29 is 5.11 Å². The van der Waals surface area contributed by atoms with Gasteiger partial charge in [-0.25, -0.2) is 4.98 Å². The molecule has 3 aromatic rings. The Labute approximate surface area is 145 Å². The third kappa shape index (κ3) is 3.21. The van der Waals surface area contributed by atoms with E-state index in [-0.39, 0.29) is 0 Å². The van der Waals surface area contributed by atoms with Crippen LogP contribution < -0.4 is 5.32 Å². The van der Waals surface area contributed by atoms with Crippen molar-refractivity contribution in [2.75, 3.05) is 19.4 Å². The smallest absolute Gasteiger partial charge is 0.139 e. The van der Waals surface area contributed by atoms with Gasteiger partial charge in [0.25, 0.3) is 0 Å². The summed E-state index contributed by atoms with van der Waals surface area (Å²) in [5, 5.41) is 14.9. The fourth-order valence-corrected chi connectivity index (χ4v) is 2.78. The van der Waals surface area contributed by atoms with E-state index in [1.807, 2.05) is 43.9 Å². The normalized spacial score (nSPS) is 12.8. The number of rotatable bonds is 5. The molecular formula is C17H20ClN5O. The first-order valence-electron chi connectivity index (χ1n) is 7.63. The van der Waals surface area contributed by atoms with Crippen molar-refractivity contribution in [1.82, 2.24) is 19.4 Å². The van der Waals surface area contributed by atoms with Crippen molar-refractivity contribution in [2.24, 2.45) is 0 Å². The number of aliphatic hydroxyl groups is 1. The predicted octanol–water partition coefficient (Wildman–Crippen LogP) is 3.02. The highest BCUT2D eigenvalue weighted by Crippen LogP contribution is 2.30. The Morgan fingerprint density at radius 1 is 1.33 bits per heavy atom. The fourth-order valence-electron chi connectivity index (χ4n) is 2.53. The number of hydrogen-bond donors (Lipinski definition) is 2. The van der Waals surface area contributed by atoms with Crippen LogP contribution in [0.2, 0.25) is 5.02 Å². The molecule has 0 fully saturated rings. The molecule has 2 N–H and O–H groups in total. The standard InChI is InChI=1S/C17H20ClN5O/c1-11-8-19-9-13(18)16(11)21-17-12-5-7-23(10-15(24)22(2)3)14(12)4-6-20-17/h4-9,15,24H,10H2,1-3H3,(H,19,20,21). The number of aromatic nitrogens is 3. The molecule has 7 heteroatoms. The van der Waals surface area contributed by atoms with Gasteiger partial charge in [0.15, 0.2) is 0 Å². The molecule has 126 valence electrons. The van der Waals surface area contributed by atoms with Gasteiger partial charge in [0.1, 0.15) is 12.0 Å². The minimum absolute atomic E-state index is 0.481. The Morgan fingerprint density at radius 3 is 2.83 bits per heavy atom. The largest absolute Gasteiger partial charge is 0.376 e. The van der Waals surface area contributed by atoms with Crippen LogP contribution in [-0.2, 0) is 6.54 Å². The summed E-state index contributed by atoms with van der Waals surface area (Å²) in [6.07, 6.45) is 6.50. The molecule has 24 heavy (non-hydrogen) atoms. The quantitative estimate of drug-likeness (QED) is 0.696. The van der Waals surface area contributed by atoms with Crippen LogP contribution in [0, 0.1) is 6.92 Å². The molecule has 1 unspecified atom stereocenters. The number of halogens is 1. The molecule has 0 aliphatic carbocycles. The van der Waals surface area contributed by atoms with E-state index in [4.69, 9.17) is 11.6 Å². The molecule has 0 aromatic carbocycles. The average molecular weight is 346 g/mol. The number of aryl methyl sites for hydroxylation is 1. The topological polar surface area (TPSA) is 66.2 Å². The highest BCUT2D eigenvalue weighted by molar-refractivity contribution is 6.33. The lowest BCUT2D eigenvalue weighted by atomic mass is 10.2. The van der Waals surface area contributed by atoms with E-state index in [2.05, 4.69) is 15.3 Å². The van der Waals surface area contributed by atoms with E-state index in [0.717, 1.165) is 28.0 Å². The number of likely N-dealkylation sites (N-methyl/N-ethyl adjacent to an activating group) is 1. The SMILES string of the molecule is Cc1cncc(Cl)c1Nc1nccc2c1ccn2CC(O)N(C)C. The van der Waals surface area contributed by atoms with Gasteiger partial charge in [-0.1, -0.05) is 11.6 Å². The Morgan fingerprint density at radius 2 is 2.12 bits per heavy atom. The summed E-state index contributed by atoms with van der Waals surface area (Å²) >= 11 is 6.24. The summed E-state index contributed by atoms with van der Waals surface area (Å²) < 4.78 is 2.01.